The summed E-state index contributed by atoms with van der Waals surface area (Å²) in [6.07, 6.45) is 1.87. The normalized spacial score (nSPS) is 14.3. The Morgan fingerprint density at radius 3 is 2.79 bits per heavy atom. The van der Waals surface area contributed by atoms with Crippen molar-refractivity contribution >= 4 is 28.3 Å². The third-order valence-electron chi connectivity index (χ3n) is 3.08. The first kappa shape index (κ1) is 11.6. The van der Waals surface area contributed by atoms with Crippen LogP contribution in [0.1, 0.15) is 12.8 Å². The Labute approximate surface area is 108 Å². The van der Waals surface area contributed by atoms with E-state index < -0.39 is 4.92 Å². The molecule has 1 aromatic carbocycles. The number of nitro groups is 1. The maximum atomic E-state index is 11.6. The van der Waals surface area contributed by atoms with Crippen molar-refractivity contribution < 1.29 is 9.72 Å². The first-order chi connectivity index (χ1) is 9.13. The molecule has 0 atom stereocenters. The highest BCUT2D eigenvalue weighted by Gasteiger charge is 2.29. The van der Waals surface area contributed by atoms with E-state index in [9.17, 15) is 14.9 Å². The van der Waals surface area contributed by atoms with Crippen LogP contribution in [0.25, 0.3) is 10.9 Å². The Bertz CT molecular complexity index is 680. The molecule has 0 aliphatic heterocycles. The summed E-state index contributed by atoms with van der Waals surface area (Å²) in [5.41, 5.74) is 0.656. The van der Waals surface area contributed by atoms with Crippen LogP contribution in [0.3, 0.4) is 0 Å². The van der Waals surface area contributed by atoms with E-state index in [0.29, 0.717) is 16.7 Å². The molecule has 19 heavy (non-hydrogen) atoms. The van der Waals surface area contributed by atoms with Crippen LogP contribution in [0.2, 0.25) is 0 Å². The van der Waals surface area contributed by atoms with E-state index in [1.165, 1.54) is 12.1 Å². The molecule has 6 heteroatoms. The van der Waals surface area contributed by atoms with Gasteiger partial charge in [0.25, 0.3) is 5.69 Å². The highest BCUT2D eigenvalue weighted by Crippen LogP contribution is 2.30. The molecule has 1 fully saturated rings. The maximum Gasteiger partial charge on any atom is 0.270 e. The van der Waals surface area contributed by atoms with Crippen molar-refractivity contribution in [1.82, 2.24) is 4.98 Å². The Morgan fingerprint density at radius 2 is 2.11 bits per heavy atom. The van der Waals surface area contributed by atoms with Crippen LogP contribution in [-0.2, 0) is 4.79 Å². The Morgan fingerprint density at radius 1 is 1.32 bits per heavy atom. The van der Waals surface area contributed by atoms with Crippen LogP contribution in [0.5, 0.6) is 0 Å². The number of hydrogen-bond donors (Lipinski definition) is 1. The fourth-order valence-corrected chi connectivity index (χ4v) is 1.87. The second kappa shape index (κ2) is 4.31. The molecule has 1 aliphatic rings. The average Bonchev–Trinajstić information content (AvgIpc) is 3.22. The minimum absolute atomic E-state index is 0.00578. The smallest absolute Gasteiger partial charge is 0.270 e. The monoisotopic (exact) mass is 257 g/mol. The van der Waals surface area contributed by atoms with Crippen molar-refractivity contribution in [2.45, 2.75) is 12.8 Å². The summed E-state index contributed by atoms with van der Waals surface area (Å²) >= 11 is 0. The predicted molar refractivity (Wildman–Crippen MR) is 69.8 cm³/mol. The van der Waals surface area contributed by atoms with Crippen molar-refractivity contribution in [2.75, 3.05) is 5.32 Å². The summed E-state index contributed by atoms with van der Waals surface area (Å²) in [5.74, 6) is 0.598. The van der Waals surface area contributed by atoms with Crippen molar-refractivity contribution in [3.05, 3.63) is 40.4 Å². The SMILES string of the molecule is O=C(Nc1ccc2cc([N+](=O)[O-])ccc2n1)C1CC1. The van der Waals surface area contributed by atoms with Crippen molar-refractivity contribution in [3.8, 4) is 0 Å². The number of nitro benzene ring substituents is 1. The van der Waals surface area contributed by atoms with Gasteiger partial charge in [0.2, 0.25) is 5.91 Å². The van der Waals surface area contributed by atoms with E-state index in [2.05, 4.69) is 10.3 Å². The van der Waals surface area contributed by atoms with Crippen LogP contribution in [0, 0.1) is 16.0 Å². The van der Waals surface area contributed by atoms with Gasteiger partial charge in [-0.05, 0) is 31.0 Å². The highest BCUT2D eigenvalue weighted by atomic mass is 16.6. The number of hydrogen-bond acceptors (Lipinski definition) is 4. The number of aromatic nitrogens is 1. The second-order valence-electron chi connectivity index (χ2n) is 4.59. The quantitative estimate of drug-likeness (QED) is 0.676. The lowest BCUT2D eigenvalue weighted by atomic mass is 10.2. The van der Waals surface area contributed by atoms with Crippen molar-refractivity contribution in [1.29, 1.82) is 0 Å². The number of benzene rings is 1. The molecule has 3 rings (SSSR count). The van der Waals surface area contributed by atoms with Crippen LogP contribution < -0.4 is 5.32 Å². The summed E-state index contributed by atoms with van der Waals surface area (Å²) in [6, 6.07) is 7.83. The lowest BCUT2D eigenvalue weighted by molar-refractivity contribution is -0.384. The minimum Gasteiger partial charge on any atom is -0.310 e. The van der Waals surface area contributed by atoms with E-state index in [1.54, 1.807) is 18.2 Å². The van der Waals surface area contributed by atoms with E-state index in [-0.39, 0.29) is 17.5 Å². The van der Waals surface area contributed by atoms with Crippen LogP contribution in [0.15, 0.2) is 30.3 Å². The van der Waals surface area contributed by atoms with Gasteiger partial charge < -0.3 is 5.32 Å². The fourth-order valence-electron chi connectivity index (χ4n) is 1.87. The molecule has 6 nitrogen and oxygen atoms in total. The number of carbonyl (C=O) groups is 1. The van der Waals surface area contributed by atoms with Crippen LogP contribution in [0.4, 0.5) is 11.5 Å². The third-order valence-corrected chi connectivity index (χ3v) is 3.08. The van der Waals surface area contributed by atoms with E-state index in [4.69, 9.17) is 0 Å². The largest absolute Gasteiger partial charge is 0.310 e. The highest BCUT2D eigenvalue weighted by molar-refractivity contribution is 5.94. The number of amides is 1. The zero-order chi connectivity index (χ0) is 13.4. The summed E-state index contributed by atoms with van der Waals surface area (Å²) in [6.45, 7) is 0. The molecule has 0 saturated heterocycles. The molecule has 0 spiro atoms. The molecular formula is C13H11N3O3. The molecule has 96 valence electrons. The van der Waals surface area contributed by atoms with Gasteiger partial charge in [-0.25, -0.2) is 4.98 Å². The predicted octanol–water partition coefficient (Wildman–Crippen LogP) is 2.49. The second-order valence-corrected chi connectivity index (χ2v) is 4.59. The first-order valence-electron chi connectivity index (χ1n) is 5.99. The van der Waals surface area contributed by atoms with Gasteiger partial charge in [-0.1, -0.05) is 0 Å². The van der Waals surface area contributed by atoms with Gasteiger partial charge in [-0.2, -0.15) is 0 Å². The van der Waals surface area contributed by atoms with Gasteiger partial charge in [-0.3, -0.25) is 14.9 Å². The molecule has 0 bridgehead atoms. The summed E-state index contributed by atoms with van der Waals surface area (Å²) in [7, 11) is 0. The number of carbonyl (C=O) groups excluding carboxylic acids is 1. The average molecular weight is 257 g/mol. The van der Waals surface area contributed by atoms with Crippen molar-refractivity contribution in [3.63, 3.8) is 0 Å². The summed E-state index contributed by atoms with van der Waals surface area (Å²) < 4.78 is 0. The molecule has 0 unspecified atom stereocenters. The van der Waals surface area contributed by atoms with E-state index >= 15 is 0 Å². The molecule has 1 aromatic heterocycles. The molecule has 0 radical (unpaired) electrons. The van der Waals surface area contributed by atoms with Gasteiger partial charge in [-0.15, -0.1) is 0 Å². The number of rotatable bonds is 3. The van der Waals surface area contributed by atoms with Crippen LogP contribution >= 0.6 is 0 Å². The fraction of sp³-hybridized carbons (Fsp3) is 0.231. The molecular weight excluding hydrogens is 246 g/mol. The number of nitrogens with zero attached hydrogens (tertiary/aromatic N) is 2. The molecule has 1 N–H and O–H groups in total. The molecule has 2 aromatic rings. The van der Waals surface area contributed by atoms with Crippen molar-refractivity contribution in [2.24, 2.45) is 5.92 Å². The van der Waals surface area contributed by atoms with E-state index in [0.717, 1.165) is 12.8 Å². The van der Waals surface area contributed by atoms with Gasteiger partial charge in [0.1, 0.15) is 5.82 Å². The molecule has 1 amide bonds. The summed E-state index contributed by atoms with van der Waals surface area (Å²) in [5, 5.41) is 14.1. The van der Waals surface area contributed by atoms with Gasteiger partial charge in [0, 0.05) is 23.4 Å². The molecule has 1 heterocycles. The zero-order valence-corrected chi connectivity index (χ0v) is 10.00. The number of anilines is 1. The number of fused-ring (bicyclic) bond motifs is 1. The summed E-state index contributed by atoms with van der Waals surface area (Å²) in [4.78, 5) is 26.1. The number of pyridine rings is 1. The Kier molecular flexibility index (Phi) is 2.63. The van der Waals surface area contributed by atoms with Crippen LogP contribution in [-0.4, -0.2) is 15.8 Å². The molecule has 1 aliphatic carbocycles. The lowest BCUT2D eigenvalue weighted by Gasteiger charge is -2.04. The van der Waals surface area contributed by atoms with E-state index in [1.807, 2.05) is 0 Å². The maximum absolute atomic E-state index is 11.6. The zero-order valence-electron chi connectivity index (χ0n) is 10.00. The minimum atomic E-state index is -0.442. The van der Waals surface area contributed by atoms with Gasteiger partial charge in [0.15, 0.2) is 0 Å². The lowest BCUT2D eigenvalue weighted by Crippen LogP contribution is -2.14. The van der Waals surface area contributed by atoms with Gasteiger partial charge >= 0.3 is 0 Å². The Hall–Kier alpha value is -2.50. The number of non-ortho nitro benzene ring substituents is 1. The topological polar surface area (TPSA) is 85.1 Å². The standard InChI is InChI=1S/C13H11N3O3/c17-13(8-1-2-8)15-12-6-3-9-7-10(16(18)19)4-5-11(9)14-12/h3-8H,1-2H2,(H,14,15,17). The first-order valence-corrected chi connectivity index (χ1v) is 5.99. The van der Waals surface area contributed by atoms with Gasteiger partial charge in [0.05, 0.1) is 10.4 Å². The molecule has 1 saturated carbocycles. The Balaban J connectivity index is 1.90. The third kappa shape index (κ3) is 2.37. The number of nitrogens with one attached hydrogen (secondary N) is 1.